The van der Waals surface area contributed by atoms with E-state index in [-0.39, 0.29) is 13.0 Å². The molecular formula is C24H30N2O. The van der Waals surface area contributed by atoms with Crippen LogP contribution in [0.3, 0.4) is 0 Å². The molecule has 142 valence electrons. The van der Waals surface area contributed by atoms with Crippen LogP contribution < -0.4 is 5.56 Å². The Kier molecular flexibility index (Phi) is 5.25. The van der Waals surface area contributed by atoms with Crippen LogP contribution >= 0.6 is 0 Å². The Labute approximate surface area is 162 Å². The largest absolute Gasteiger partial charge is 0.321 e. The first-order valence-electron chi connectivity index (χ1n) is 9.48. The molecule has 3 heteroatoms. The van der Waals surface area contributed by atoms with Crippen LogP contribution in [0, 0.1) is 0 Å². The van der Waals surface area contributed by atoms with Gasteiger partial charge in [0.1, 0.15) is 0 Å². The van der Waals surface area contributed by atoms with Gasteiger partial charge in [-0.05, 0) is 55.8 Å². The Morgan fingerprint density at radius 1 is 0.926 bits per heavy atom. The number of H-pyrrole nitrogens is 1. The van der Waals surface area contributed by atoms with Crippen molar-refractivity contribution in [3.63, 3.8) is 0 Å². The average Bonchev–Trinajstić information content (AvgIpc) is 2.99. The topological polar surface area (TPSA) is 36.1 Å². The van der Waals surface area contributed by atoms with E-state index in [0.29, 0.717) is 12.1 Å². The molecule has 0 saturated carbocycles. The second-order valence-corrected chi connectivity index (χ2v) is 7.83. The van der Waals surface area contributed by atoms with Crippen molar-refractivity contribution < 1.29 is 0 Å². The van der Waals surface area contributed by atoms with Gasteiger partial charge in [-0.3, -0.25) is 9.69 Å². The summed E-state index contributed by atoms with van der Waals surface area (Å²) in [6.45, 7) is 9.95. The van der Waals surface area contributed by atoms with Crippen molar-refractivity contribution in [1.29, 1.82) is 0 Å². The number of aromatic nitrogens is 1. The van der Waals surface area contributed by atoms with Crippen molar-refractivity contribution in [1.82, 2.24) is 9.88 Å². The normalized spacial score (nSPS) is 12.6. The summed E-state index contributed by atoms with van der Waals surface area (Å²) in [4.78, 5) is 18.2. The van der Waals surface area contributed by atoms with E-state index in [4.69, 9.17) is 0 Å². The molecule has 1 aliphatic carbocycles. The van der Waals surface area contributed by atoms with Crippen molar-refractivity contribution in [2.45, 2.75) is 60.2 Å². The number of benzene rings is 2. The molecule has 0 unspecified atom stereocenters. The van der Waals surface area contributed by atoms with Gasteiger partial charge in [0.25, 0.3) is 5.56 Å². The highest BCUT2D eigenvalue weighted by Crippen LogP contribution is 2.39. The van der Waals surface area contributed by atoms with E-state index in [0.717, 1.165) is 29.4 Å². The van der Waals surface area contributed by atoms with Crippen molar-refractivity contribution in [2.24, 2.45) is 0 Å². The standard InChI is InChI=1S/C23H26N2O.CH4/c1-14(2)25(15(3)4)13-16-8-7-11-18-20(16)12-21-17-9-5-6-10-19(17)23(26)24-22(18)21;/h5-11,14-15H,12-13H2,1-4H3,(H,24,26);1H4. The maximum absolute atomic E-state index is 12.5. The molecule has 0 radical (unpaired) electrons. The first-order valence-corrected chi connectivity index (χ1v) is 9.48. The lowest BCUT2D eigenvalue weighted by molar-refractivity contribution is 0.165. The number of aromatic amines is 1. The predicted octanol–water partition coefficient (Wildman–Crippen LogP) is 5.35. The van der Waals surface area contributed by atoms with Crippen molar-refractivity contribution >= 4 is 10.8 Å². The van der Waals surface area contributed by atoms with Gasteiger partial charge in [0.05, 0.1) is 5.69 Å². The highest BCUT2D eigenvalue weighted by atomic mass is 16.1. The third-order valence-electron chi connectivity index (χ3n) is 5.61. The molecule has 1 aliphatic rings. The van der Waals surface area contributed by atoms with Gasteiger partial charge in [-0.2, -0.15) is 0 Å². The van der Waals surface area contributed by atoms with Crippen LogP contribution in [-0.2, 0) is 13.0 Å². The molecule has 4 rings (SSSR count). The molecule has 0 bridgehead atoms. The van der Waals surface area contributed by atoms with E-state index in [9.17, 15) is 4.79 Å². The third-order valence-corrected chi connectivity index (χ3v) is 5.61. The Bertz CT molecular complexity index is 1020. The van der Waals surface area contributed by atoms with E-state index < -0.39 is 0 Å². The zero-order chi connectivity index (χ0) is 18.4. The van der Waals surface area contributed by atoms with Gasteiger partial charge in [-0.25, -0.2) is 0 Å². The maximum atomic E-state index is 12.5. The smallest absolute Gasteiger partial charge is 0.256 e. The number of rotatable bonds is 4. The Hall–Kier alpha value is -2.39. The number of hydrogen-bond acceptors (Lipinski definition) is 2. The lowest BCUT2D eigenvalue weighted by atomic mass is 10.0. The van der Waals surface area contributed by atoms with Crippen molar-refractivity contribution in [3.8, 4) is 11.3 Å². The van der Waals surface area contributed by atoms with Gasteiger partial charge < -0.3 is 4.98 Å². The Balaban J connectivity index is 0.00000210. The fraction of sp³-hybridized carbons (Fsp3) is 0.375. The fourth-order valence-corrected chi connectivity index (χ4v) is 4.31. The molecule has 0 saturated heterocycles. The van der Waals surface area contributed by atoms with Crippen molar-refractivity contribution in [2.75, 3.05) is 0 Å². The molecular weight excluding hydrogens is 332 g/mol. The molecule has 1 aromatic heterocycles. The van der Waals surface area contributed by atoms with Gasteiger partial charge in [-0.15, -0.1) is 0 Å². The van der Waals surface area contributed by atoms with E-state index in [1.165, 1.54) is 22.3 Å². The second kappa shape index (κ2) is 7.32. The summed E-state index contributed by atoms with van der Waals surface area (Å²) in [5, 5.41) is 1.87. The third kappa shape index (κ3) is 3.21. The SMILES string of the molecule is C.CC(C)N(Cc1cccc2c1Cc1c-2[nH]c(=O)c2ccccc12)C(C)C. The number of nitrogens with zero attached hydrogens (tertiary/aromatic N) is 1. The number of pyridine rings is 1. The van der Waals surface area contributed by atoms with Gasteiger partial charge >= 0.3 is 0 Å². The van der Waals surface area contributed by atoms with Crippen LogP contribution in [0.4, 0.5) is 0 Å². The summed E-state index contributed by atoms with van der Waals surface area (Å²) in [5.41, 5.74) is 6.18. The first kappa shape index (κ1) is 19.4. The Morgan fingerprint density at radius 3 is 2.26 bits per heavy atom. The van der Waals surface area contributed by atoms with Crippen molar-refractivity contribution in [3.05, 3.63) is 69.5 Å². The summed E-state index contributed by atoms with van der Waals surface area (Å²) >= 11 is 0. The molecule has 1 heterocycles. The zero-order valence-corrected chi connectivity index (χ0v) is 16.0. The minimum Gasteiger partial charge on any atom is -0.321 e. The van der Waals surface area contributed by atoms with E-state index in [1.54, 1.807) is 0 Å². The lowest BCUT2D eigenvalue weighted by Gasteiger charge is -2.31. The number of nitrogens with one attached hydrogen (secondary N) is 1. The van der Waals surface area contributed by atoms with E-state index in [1.807, 2.05) is 18.2 Å². The quantitative estimate of drug-likeness (QED) is 0.531. The predicted molar refractivity (Wildman–Crippen MR) is 115 cm³/mol. The van der Waals surface area contributed by atoms with Gasteiger partial charge in [0, 0.05) is 36.0 Å². The highest BCUT2D eigenvalue weighted by Gasteiger charge is 2.25. The fourth-order valence-electron chi connectivity index (χ4n) is 4.31. The van der Waals surface area contributed by atoms with E-state index >= 15 is 0 Å². The van der Waals surface area contributed by atoms with Crippen LogP contribution in [0.1, 0.15) is 51.8 Å². The molecule has 3 aromatic rings. The molecule has 0 atom stereocenters. The van der Waals surface area contributed by atoms with Gasteiger partial charge in [0.15, 0.2) is 0 Å². The van der Waals surface area contributed by atoms with Crippen LogP contribution in [0.5, 0.6) is 0 Å². The van der Waals surface area contributed by atoms with E-state index in [2.05, 4.69) is 61.8 Å². The summed E-state index contributed by atoms with van der Waals surface area (Å²) in [7, 11) is 0. The molecule has 0 aliphatic heterocycles. The maximum Gasteiger partial charge on any atom is 0.256 e. The molecule has 1 N–H and O–H groups in total. The molecule has 0 amide bonds. The summed E-state index contributed by atoms with van der Waals surface area (Å²) in [6, 6.07) is 15.4. The minimum absolute atomic E-state index is 0. The monoisotopic (exact) mass is 362 g/mol. The number of fused-ring (bicyclic) bond motifs is 5. The minimum atomic E-state index is 0. The van der Waals surface area contributed by atoms with Crippen LogP contribution in [0.15, 0.2) is 47.3 Å². The Morgan fingerprint density at radius 2 is 1.59 bits per heavy atom. The second-order valence-electron chi connectivity index (χ2n) is 7.83. The lowest BCUT2D eigenvalue weighted by Crippen LogP contribution is -2.36. The average molecular weight is 363 g/mol. The summed E-state index contributed by atoms with van der Waals surface area (Å²) in [5.74, 6) is 0. The van der Waals surface area contributed by atoms with Gasteiger partial charge in [-0.1, -0.05) is 43.8 Å². The van der Waals surface area contributed by atoms with Gasteiger partial charge in [0.2, 0.25) is 0 Å². The summed E-state index contributed by atoms with van der Waals surface area (Å²) in [6.07, 6.45) is 0.891. The first-order chi connectivity index (χ1) is 12.5. The van der Waals surface area contributed by atoms with Crippen LogP contribution in [0.2, 0.25) is 0 Å². The van der Waals surface area contributed by atoms with Crippen LogP contribution in [-0.4, -0.2) is 22.0 Å². The highest BCUT2D eigenvalue weighted by molar-refractivity contribution is 5.93. The molecule has 27 heavy (non-hydrogen) atoms. The van der Waals surface area contributed by atoms with Crippen LogP contribution in [0.25, 0.3) is 22.0 Å². The molecule has 0 spiro atoms. The number of hydrogen-bond donors (Lipinski definition) is 1. The summed E-state index contributed by atoms with van der Waals surface area (Å²) < 4.78 is 0. The zero-order valence-electron chi connectivity index (χ0n) is 16.0. The molecule has 2 aromatic carbocycles. The molecule has 3 nitrogen and oxygen atoms in total. The molecule has 0 fully saturated rings.